The first kappa shape index (κ1) is 16.5. The van der Waals surface area contributed by atoms with Crippen molar-refractivity contribution >= 4 is 33.4 Å². The zero-order chi connectivity index (χ0) is 16.3. The number of thioether (sulfide) groups is 1. The molecule has 22 heavy (non-hydrogen) atoms. The number of nitrogens with zero attached hydrogens (tertiary/aromatic N) is 2. The quantitative estimate of drug-likeness (QED) is 0.795. The van der Waals surface area contributed by atoms with E-state index in [-0.39, 0.29) is 16.1 Å². The molecule has 0 aliphatic rings. The summed E-state index contributed by atoms with van der Waals surface area (Å²) in [5.41, 5.74) is 0.504. The van der Waals surface area contributed by atoms with Gasteiger partial charge in [-0.2, -0.15) is 0 Å². The number of carbonyl (C=O) groups excluding carboxylic acids is 1. The predicted molar refractivity (Wildman–Crippen MR) is 85.0 cm³/mol. The van der Waals surface area contributed by atoms with Crippen molar-refractivity contribution < 1.29 is 13.2 Å². The summed E-state index contributed by atoms with van der Waals surface area (Å²) in [4.78, 5) is 16.3. The third kappa shape index (κ3) is 4.09. The van der Waals surface area contributed by atoms with E-state index < -0.39 is 10.0 Å². The molecule has 1 amide bonds. The summed E-state index contributed by atoms with van der Waals surface area (Å²) in [6, 6.07) is 5.69. The standard InChI is InChI=1S/C13H16N4O3S2/c1-9(21-13-15-7-8-17(13)2)12(18)16-10-3-5-11(6-4-10)22(14,19)20/h3-9H,1-2H3,(H,16,18)(H2,14,19,20)/t9-/m0/s1. The predicted octanol–water partition coefficient (Wildman–Crippen LogP) is 1.19. The van der Waals surface area contributed by atoms with Gasteiger partial charge >= 0.3 is 0 Å². The Morgan fingerprint density at radius 1 is 1.36 bits per heavy atom. The zero-order valence-corrected chi connectivity index (χ0v) is 13.7. The van der Waals surface area contributed by atoms with Gasteiger partial charge in [-0.15, -0.1) is 0 Å². The number of anilines is 1. The van der Waals surface area contributed by atoms with Crippen LogP contribution < -0.4 is 10.5 Å². The molecule has 0 spiro atoms. The molecule has 0 fully saturated rings. The molecular weight excluding hydrogens is 324 g/mol. The van der Waals surface area contributed by atoms with Gasteiger partial charge in [0.2, 0.25) is 15.9 Å². The fourth-order valence-electron chi connectivity index (χ4n) is 1.65. The van der Waals surface area contributed by atoms with Crippen LogP contribution in [0, 0.1) is 0 Å². The maximum atomic E-state index is 12.1. The zero-order valence-electron chi connectivity index (χ0n) is 12.1. The number of amides is 1. The number of nitrogens with one attached hydrogen (secondary N) is 1. The van der Waals surface area contributed by atoms with Crippen molar-refractivity contribution in [3.63, 3.8) is 0 Å². The van der Waals surface area contributed by atoms with Crippen LogP contribution in [-0.2, 0) is 21.9 Å². The van der Waals surface area contributed by atoms with Crippen LogP contribution in [0.15, 0.2) is 46.7 Å². The summed E-state index contributed by atoms with van der Waals surface area (Å²) >= 11 is 1.34. The highest BCUT2D eigenvalue weighted by Gasteiger charge is 2.17. The van der Waals surface area contributed by atoms with Crippen LogP contribution in [0.25, 0.3) is 0 Å². The monoisotopic (exact) mass is 340 g/mol. The minimum absolute atomic E-state index is 0.000864. The number of rotatable bonds is 5. The topological polar surface area (TPSA) is 107 Å². The molecule has 0 aliphatic heterocycles. The van der Waals surface area contributed by atoms with E-state index in [2.05, 4.69) is 10.3 Å². The Hall–Kier alpha value is -1.84. The van der Waals surface area contributed by atoms with Crippen LogP contribution in [0.4, 0.5) is 5.69 Å². The van der Waals surface area contributed by atoms with Gasteiger partial charge in [-0.25, -0.2) is 18.5 Å². The number of sulfonamides is 1. The normalized spacial score (nSPS) is 12.9. The van der Waals surface area contributed by atoms with E-state index in [0.717, 1.165) is 5.16 Å². The maximum Gasteiger partial charge on any atom is 0.238 e. The summed E-state index contributed by atoms with van der Waals surface area (Å²) in [6.45, 7) is 1.77. The van der Waals surface area contributed by atoms with Crippen molar-refractivity contribution in [1.82, 2.24) is 9.55 Å². The Labute approximate surface area is 133 Å². The Balaban J connectivity index is 2.01. The van der Waals surface area contributed by atoms with Crippen LogP contribution in [0.3, 0.4) is 0 Å². The largest absolute Gasteiger partial charge is 0.329 e. The molecule has 3 N–H and O–H groups in total. The number of benzene rings is 1. The minimum Gasteiger partial charge on any atom is -0.329 e. The van der Waals surface area contributed by atoms with E-state index in [9.17, 15) is 13.2 Å². The summed E-state index contributed by atoms with van der Waals surface area (Å²) in [7, 11) is -1.88. The highest BCUT2D eigenvalue weighted by Crippen LogP contribution is 2.22. The number of imidazole rings is 1. The SMILES string of the molecule is C[C@H](Sc1nccn1C)C(=O)Nc1ccc(S(N)(=O)=O)cc1. The third-order valence-electron chi connectivity index (χ3n) is 2.88. The summed E-state index contributed by atoms with van der Waals surface area (Å²) in [6.07, 6.45) is 3.47. The number of hydrogen-bond donors (Lipinski definition) is 2. The van der Waals surface area contributed by atoms with E-state index in [4.69, 9.17) is 5.14 Å². The molecule has 0 aliphatic carbocycles. The first-order chi connectivity index (χ1) is 10.3. The molecule has 1 atom stereocenters. The van der Waals surface area contributed by atoms with Crippen molar-refractivity contribution in [3.8, 4) is 0 Å². The van der Waals surface area contributed by atoms with Crippen molar-refractivity contribution in [3.05, 3.63) is 36.7 Å². The van der Waals surface area contributed by atoms with E-state index in [1.54, 1.807) is 19.3 Å². The Kier molecular flexibility index (Phi) is 4.89. The van der Waals surface area contributed by atoms with Gasteiger partial charge in [-0.3, -0.25) is 4.79 Å². The third-order valence-corrected chi connectivity index (χ3v) is 4.98. The summed E-state index contributed by atoms with van der Waals surface area (Å²) < 4.78 is 24.2. The molecular formula is C13H16N4O3S2. The molecule has 0 radical (unpaired) electrons. The van der Waals surface area contributed by atoms with Crippen LogP contribution in [-0.4, -0.2) is 29.1 Å². The Morgan fingerprint density at radius 2 is 2.00 bits per heavy atom. The smallest absolute Gasteiger partial charge is 0.238 e. The molecule has 0 saturated carbocycles. The van der Waals surface area contributed by atoms with E-state index in [1.165, 1.54) is 36.0 Å². The average molecular weight is 340 g/mol. The van der Waals surface area contributed by atoms with Crippen LogP contribution in [0.5, 0.6) is 0 Å². The second-order valence-corrected chi connectivity index (χ2v) is 7.51. The van der Waals surface area contributed by atoms with Crippen molar-refractivity contribution in [2.75, 3.05) is 5.32 Å². The fraction of sp³-hybridized carbons (Fsp3) is 0.231. The van der Waals surface area contributed by atoms with Crippen LogP contribution in [0.2, 0.25) is 0 Å². The van der Waals surface area contributed by atoms with Gasteiger partial charge in [-0.05, 0) is 31.2 Å². The minimum atomic E-state index is -3.73. The fourth-order valence-corrected chi connectivity index (χ4v) is 3.00. The lowest BCUT2D eigenvalue weighted by molar-refractivity contribution is -0.115. The number of nitrogens with two attached hydrogens (primary N) is 1. The van der Waals surface area contributed by atoms with Gasteiger partial charge in [0.1, 0.15) is 0 Å². The van der Waals surface area contributed by atoms with Crippen LogP contribution >= 0.6 is 11.8 Å². The van der Waals surface area contributed by atoms with Gasteiger partial charge in [0, 0.05) is 25.1 Å². The Morgan fingerprint density at radius 3 is 2.50 bits per heavy atom. The molecule has 2 aromatic rings. The lowest BCUT2D eigenvalue weighted by Crippen LogP contribution is -2.22. The molecule has 0 unspecified atom stereocenters. The van der Waals surface area contributed by atoms with Crippen molar-refractivity contribution in [2.45, 2.75) is 22.2 Å². The number of hydrogen-bond acceptors (Lipinski definition) is 5. The molecule has 118 valence electrons. The van der Waals surface area contributed by atoms with Crippen molar-refractivity contribution in [1.29, 1.82) is 0 Å². The van der Waals surface area contributed by atoms with E-state index >= 15 is 0 Å². The van der Waals surface area contributed by atoms with Gasteiger partial charge < -0.3 is 9.88 Å². The second kappa shape index (κ2) is 6.51. The highest BCUT2D eigenvalue weighted by atomic mass is 32.2. The highest BCUT2D eigenvalue weighted by molar-refractivity contribution is 8.00. The first-order valence-corrected chi connectivity index (χ1v) is 8.77. The lowest BCUT2D eigenvalue weighted by Gasteiger charge is -2.12. The first-order valence-electron chi connectivity index (χ1n) is 6.35. The number of carbonyl (C=O) groups is 1. The van der Waals surface area contributed by atoms with Crippen molar-refractivity contribution in [2.24, 2.45) is 12.2 Å². The average Bonchev–Trinajstić information content (AvgIpc) is 2.84. The van der Waals surface area contributed by atoms with Gasteiger partial charge in [-0.1, -0.05) is 11.8 Å². The molecule has 1 heterocycles. The number of primary sulfonamides is 1. The van der Waals surface area contributed by atoms with Gasteiger partial charge in [0.15, 0.2) is 5.16 Å². The molecule has 1 aromatic carbocycles. The lowest BCUT2D eigenvalue weighted by atomic mass is 10.3. The molecule has 7 nitrogen and oxygen atoms in total. The number of aromatic nitrogens is 2. The molecule has 2 rings (SSSR count). The van der Waals surface area contributed by atoms with Gasteiger partial charge in [0.05, 0.1) is 10.1 Å². The second-order valence-electron chi connectivity index (χ2n) is 4.64. The molecule has 0 saturated heterocycles. The van der Waals surface area contributed by atoms with Gasteiger partial charge in [0.25, 0.3) is 0 Å². The van der Waals surface area contributed by atoms with E-state index in [0.29, 0.717) is 5.69 Å². The molecule has 0 bridgehead atoms. The molecule has 1 aromatic heterocycles. The van der Waals surface area contributed by atoms with Crippen LogP contribution in [0.1, 0.15) is 6.92 Å². The number of aryl methyl sites for hydroxylation is 1. The van der Waals surface area contributed by atoms with E-state index in [1.807, 2.05) is 11.6 Å². The summed E-state index contributed by atoms with van der Waals surface area (Å²) in [5.74, 6) is -0.198. The maximum absolute atomic E-state index is 12.1. The molecule has 9 heteroatoms. The Bertz CT molecular complexity index is 769. The summed E-state index contributed by atoms with van der Waals surface area (Å²) in [5, 5.41) is 8.13.